The maximum absolute atomic E-state index is 14.1. The number of carbonyl (C=O) groups is 1. The molecule has 9 heteroatoms. The molecule has 27 heavy (non-hydrogen) atoms. The number of hydrogen-bond acceptors (Lipinski definition) is 6. The molecule has 0 aliphatic rings. The molecule has 0 atom stereocenters. The number of carbonyl (C=O) groups excluding carboxylic acids is 1. The van der Waals surface area contributed by atoms with Crippen LogP contribution >= 0.6 is 0 Å². The normalized spacial score (nSPS) is 10.7. The minimum Gasteiger partial charge on any atom is -0.360 e. The molecule has 0 saturated heterocycles. The molecule has 0 bridgehead atoms. The summed E-state index contributed by atoms with van der Waals surface area (Å²) in [6.45, 7) is -0.00770. The lowest BCUT2D eigenvalue weighted by atomic mass is 10.2. The average Bonchev–Trinajstić information content (AvgIpc) is 3.11. The molecule has 3 heterocycles. The van der Waals surface area contributed by atoms with Crippen molar-refractivity contribution in [3.63, 3.8) is 0 Å². The monoisotopic (exact) mass is 363 g/mol. The second-order valence-corrected chi connectivity index (χ2v) is 5.61. The first kappa shape index (κ1) is 16.6. The summed E-state index contributed by atoms with van der Waals surface area (Å²) in [6, 6.07) is 14.9. The van der Waals surface area contributed by atoms with Crippen LogP contribution in [-0.4, -0.2) is 37.2 Å². The number of amides is 1. The zero-order valence-corrected chi connectivity index (χ0v) is 14.0. The summed E-state index contributed by atoms with van der Waals surface area (Å²) in [5.41, 5.74) is 0.763. The van der Waals surface area contributed by atoms with Crippen molar-refractivity contribution in [1.82, 2.24) is 24.8 Å². The van der Waals surface area contributed by atoms with Crippen molar-refractivity contribution in [3.8, 4) is 11.4 Å². The minimum absolute atomic E-state index is 0.00770. The third-order valence-electron chi connectivity index (χ3n) is 3.74. The smallest absolute Gasteiger partial charge is 0.244 e. The van der Waals surface area contributed by atoms with Gasteiger partial charge in [-0.15, -0.1) is 15.3 Å². The van der Waals surface area contributed by atoms with E-state index in [-0.39, 0.29) is 18.3 Å². The van der Waals surface area contributed by atoms with E-state index in [1.807, 2.05) is 0 Å². The summed E-state index contributed by atoms with van der Waals surface area (Å²) in [5, 5.41) is 17.9. The van der Waals surface area contributed by atoms with Crippen LogP contribution in [0.1, 0.15) is 0 Å². The van der Waals surface area contributed by atoms with Crippen molar-refractivity contribution >= 4 is 23.2 Å². The van der Waals surface area contributed by atoms with Crippen molar-refractivity contribution in [2.24, 2.45) is 0 Å². The Morgan fingerprint density at radius 3 is 2.67 bits per heavy atom. The van der Waals surface area contributed by atoms with Crippen LogP contribution in [0.2, 0.25) is 0 Å². The van der Waals surface area contributed by atoms with Gasteiger partial charge in [-0.05, 0) is 36.4 Å². The molecule has 8 nitrogen and oxygen atoms in total. The highest BCUT2D eigenvalue weighted by Gasteiger charge is 2.13. The lowest BCUT2D eigenvalue weighted by Crippen LogP contribution is -2.22. The molecule has 134 valence electrons. The largest absolute Gasteiger partial charge is 0.360 e. The first-order valence-corrected chi connectivity index (χ1v) is 8.13. The van der Waals surface area contributed by atoms with Gasteiger partial charge in [0.25, 0.3) is 0 Å². The topological polar surface area (TPSA) is 97.1 Å². The van der Waals surface area contributed by atoms with E-state index in [9.17, 15) is 9.18 Å². The van der Waals surface area contributed by atoms with E-state index in [1.54, 1.807) is 54.7 Å². The number of anilines is 2. The number of hydrogen-bond donors (Lipinski definition) is 2. The lowest BCUT2D eigenvalue weighted by molar-refractivity contribution is -0.114. The summed E-state index contributed by atoms with van der Waals surface area (Å²) in [4.78, 5) is 16.0. The first-order chi connectivity index (χ1) is 13.2. The predicted molar refractivity (Wildman–Crippen MR) is 97.5 cm³/mol. The number of nitrogens with zero attached hydrogens (tertiary/aromatic N) is 5. The van der Waals surface area contributed by atoms with E-state index in [1.165, 1.54) is 10.6 Å². The van der Waals surface area contributed by atoms with Gasteiger partial charge in [0.05, 0.1) is 12.1 Å². The van der Waals surface area contributed by atoms with Gasteiger partial charge in [-0.1, -0.05) is 18.2 Å². The van der Waals surface area contributed by atoms with Gasteiger partial charge < -0.3 is 10.6 Å². The lowest BCUT2D eigenvalue weighted by Gasteiger charge is -2.07. The van der Waals surface area contributed by atoms with Gasteiger partial charge in [0.2, 0.25) is 5.91 Å². The van der Waals surface area contributed by atoms with Crippen LogP contribution in [0.5, 0.6) is 0 Å². The number of benzene rings is 1. The van der Waals surface area contributed by atoms with Gasteiger partial charge in [0.15, 0.2) is 11.5 Å². The molecule has 1 amide bonds. The van der Waals surface area contributed by atoms with Gasteiger partial charge in [-0.3, -0.25) is 4.79 Å². The number of aromatic nitrogens is 5. The summed E-state index contributed by atoms with van der Waals surface area (Å²) in [5.74, 6) is 0.490. The van der Waals surface area contributed by atoms with E-state index in [0.717, 1.165) is 0 Å². The number of rotatable bonds is 5. The molecular weight excluding hydrogens is 349 g/mol. The zero-order chi connectivity index (χ0) is 18.6. The van der Waals surface area contributed by atoms with Crippen LogP contribution in [0.15, 0.2) is 60.8 Å². The Bertz CT molecular complexity index is 1100. The average molecular weight is 363 g/mol. The van der Waals surface area contributed by atoms with Crippen molar-refractivity contribution in [2.75, 3.05) is 17.2 Å². The zero-order valence-electron chi connectivity index (χ0n) is 14.0. The van der Waals surface area contributed by atoms with Crippen LogP contribution in [-0.2, 0) is 4.79 Å². The molecule has 0 saturated carbocycles. The molecule has 0 radical (unpaired) electrons. The van der Waals surface area contributed by atoms with Crippen LogP contribution < -0.4 is 10.6 Å². The van der Waals surface area contributed by atoms with E-state index < -0.39 is 5.82 Å². The summed E-state index contributed by atoms with van der Waals surface area (Å²) < 4.78 is 15.5. The predicted octanol–water partition coefficient (Wildman–Crippen LogP) is 2.38. The quantitative estimate of drug-likeness (QED) is 0.565. The van der Waals surface area contributed by atoms with Crippen molar-refractivity contribution in [2.45, 2.75) is 0 Å². The number of halogens is 1. The fourth-order valence-electron chi connectivity index (χ4n) is 2.49. The Hall–Kier alpha value is -3.88. The van der Waals surface area contributed by atoms with Crippen LogP contribution in [0.25, 0.3) is 17.0 Å². The van der Waals surface area contributed by atoms with Crippen molar-refractivity contribution < 1.29 is 9.18 Å². The highest BCUT2D eigenvalue weighted by atomic mass is 19.1. The molecule has 1 aromatic carbocycles. The van der Waals surface area contributed by atoms with Crippen LogP contribution in [0.3, 0.4) is 0 Å². The number of fused-ring (bicyclic) bond motifs is 1. The maximum atomic E-state index is 14.1. The highest BCUT2D eigenvalue weighted by Crippen LogP contribution is 2.21. The third-order valence-corrected chi connectivity index (χ3v) is 3.74. The highest BCUT2D eigenvalue weighted by molar-refractivity contribution is 5.92. The standard InChI is InChI=1S/C18H14FN7O/c19-13-6-2-1-5-12(13)18-24-23-16-9-8-15(25-26(16)18)21-11-17(27)22-14-7-3-4-10-20-14/h1-10H,11H2,(H,21,25)(H,20,22,27). The maximum Gasteiger partial charge on any atom is 0.244 e. The van der Waals surface area contributed by atoms with Crippen LogP contribution in [0.4, 0.5) is 16.0 Å². The fraction of sp³-hybridized carbons (Fsp3) is 0.0556. The SMILES string of the molecule is O=C(CNc1ccc2nnc(-c3ccccc3F)n2n1)Nc1ccccn1. The van der Waals surface area contributed by atoms with Gasteiger partial charge in [-0.25, -0.2) is 9.37 Å². The Labute approximate surface area is 153 Å². The summed E-state index contributed by atoms with van der Waals surface area (Å²) in [6.07, 6.45) is 1.59. The Morgan fingerprint density at radius 1 is 1.00 bits per heavy atom. The van der Waals surface area contributed by atoms with Gasteiger partial charge in [0.1, 0.15) is 17.5 Å². The summed E-state index contributed by atoms with van der Waals surface area (Å²) in [7, 11) is 0. The number of nitrogens with one attached hydrogen (secondary N) is 2. The molecule has 4 aromatic rings. The molecule has 0 aliphatic carbocycles. The molecular formula is C18H14FN7O. The summed E-state index contributed by atoms with van der Waals surface area (Å²) >= 11 is 0. The molecule has 4 rings (SSSR count). The second kappa shape index (κ2) is 7.16. The molecule has 2 N–H and O–H groups in total. The Balaban J connectivity index is 1.52. The van der Waals surface area contributed by atoms with Gasteiger partial charge in [0, 0.05) is 6.20 Å². The van der Waals surface area contributed by atoms with Crippen LogP contribution in [0, 0.1) is 5.82 Å². The fourth-order valence-corrected chi connectivity index (χ4v) is 2.49. The molecule has 0 spiro atoms. The van der Waals surface area contributed by atoms with E-state index in [4.69, 9.17) is 0 Å². The molecule has 0 fully saturated rings. The van der Waals surface area contributed by atoms with Crippen molar-refractivity contribution in [1.29, 1.82) is 0 Å². The minimum atomic E-state index is -0.415. The first-order valence-electron chi connectivity index (χ1n) is 8.13. The molecule has 3 aromatic heterocycles. The van der Waals surface area contributed by atoms with E-state index in [0.29, 0.717) is 22.8 Å². The Morgan fingerprint density at radius 2 is 1.85 bits per heavy atom. The van der Waals surface area contributed by atoms with Gasteiger partial charge in [-0.2, -0.15) is 4.52 Å². The second-order valence-electron chi connectivity index (χ2n) is 5.61. The van der Waals surface area contributed by atoms with Gasteiger partial charge >= 0.3 is 0 Å². The molecule has 0 unspecified atom stereocenters. The van der Waals surface area contributed by atoms with Crippen molar-refractivity contribution in [3.05, 3.63) is 66.6 Å². The molecule has 0 aliphatic heterocycles. The third kappa shape index (κ3) is 3.56. The Kier molecular flexibility index (Phi) is 4.40. The van der Waals surface area contributed by atoms with E-state index >= 15 is 0 Å². The van der Waals surface area contributed by atoms with E-state index in [2.05, 4.69) is 30.9 Å². The number of pyridine rings is 1.